The number of benzene rings is 3. The third-order valence-corrected chi connectivity index (χ3v) is 5.60. The maximum absolute atomic E-state index is 12.3. The Hall–Kier alpha value is -3.38. The smallest absolute Gasteiger partial charge is 0.363 e. The second kappa shape index (κ2) is 9.18. The monoisotopic (exact) mass is 477 g/mol. The zero-order valence-electron chi connectivity index (χ0n) is 17.1. The van der Waals surface area contributed by atoms with Crippen molar-refractivity contribution in [2.24, 2.45) is 4.99 Å². The van der Waals surface area contributed by atoms with Crippen LogP contribution in [0.2, 0.25) is 0 Å². The molecular formula is C25H20BrNO4. The minimum absolute atomic E-state index is 0.238. The molecule has 6 heteroatoms. The third kappa shape index (κ3) is 4.70. The van der Waals surface area contributed by atoms with Crippen LogP contribution >= 0.6 is 15.9 Å². The average molecular weight is 478 g/mol. The van der Waals surface area contributed by atoms with E-state index >= 15 is 0 Å². The molecule has 1 heterocycles. The lowest BCUT2D eigenvalue weighted by molar-refractivity contribution is -0.129. The van der Waals surface area contributed by atoms with Crippen molar-refractivity contribution in [3.63, 3.8) is 0 Å². The van der Waals surface area contributed by atoms with Crippen LogP contribution in [0.25, 0.3) is 6.08 Å². The molecule has 0 atom stereocenters. The second-order valence-corrected chi connectivity index (χ2v) is 7.80. The van der Waals surface area contributed by atoms with Crippen molar-refractivity contribution >= 4 is 33.9 Å². The molecule has 156 valence electrons. The third-order valence-electron chi connectivity index (χ3n) is 4.83. The Morgan fingerprint density at radius 3 is 2.58 bits per heavy atom. The molecule has 0 aromatic heterocycles. The molecule has 4 rings (SSSR count). The van der Waals surface area contributed by atoms with Gasteiger partial charge in [0.05, 0.1) is 7.11 Å². The lowest BCUT2D eigenvalue weighted by Gasteiger charge is -2.12. The number of hydrogen-bond donors (Lipinski definition) is 0. The van der Waals surface area contributed by atoms with Crippen LogP contribution in [0.5, 0.6) is 11.5 Å². The first-order chi connectivity index (χ1) is 15.0. The zero-order chi connectivity index (χ0) is 21.8. The molecular weight excluding hydrogens is 458 g/mol. The topological polar surface area (TPSA) is 57.1 Å². The van der Waals surface area contributed by atoms with Gasteiger partial charge < -0.3 is 14.2 Å². The summed E-state index contributed by atoms with van der Waals surface area (Å²) >= 11 is 3.52. The number of aryl methyl sites for hydroxylation is 1. The number of carbonyl (C=O) groups excluding carboxylic acids is 1. The van der Waals surface area contributed by atoms with Crippen LogP contribution < -0.4 is 9.47 Å². The zero-order valence-corrected chi connectivity index (χ0v) is 18.7. The van der Waals surface area contributed by atoms with Gasteiger partial charge in [-0.1, -0.05) is 58.4 Å². The van der Waals surface area contributed by atoms with Crippen LogP contribution in [0.4, 0.5) is 0 Å². The minimum Gasteiger partial charge on any atom is -0.493 e. The first-order valence-electron chi connectivity index (χ1n) is 9.68. The van der Waals surface area contributed by atoms with Crippen molar-refractivity contribution in [3.8, 4) is 11.5 Å². The summed E-state index contributed by atoms with van der Waals surface area (Å²) in [6.45, 7) is 2.35. The molecule has 0 N–H and O–H groups in total. The highest BCUT2D eigenvalue weighted by Crippen LogP contribution is 2.31. The van der Waals surface area contributed by atoms with Gasteiger partial charge >= 0.3 is 5.97 Å². The van der Waals surface area contributed by atoms with Crippen molar-refractivity contribution < 1.29 is 19.0 Å². The number of nitrogens with zero attached hydrogens (tertiary/aromatic N) is 1. The quantitative estimate of drug-likeness (QED) is 0.338. The maximum Gasteiger partial charge on any atom is 0.363 e. The van der Waals surface area contributed by atoms with Gasteiger partial charge in [-0.2, -0.15) is 0 Å². The molecule has 0 saturated heterocycles. The fourth-order valence-corrected chi connectivity index (χ4v) is 3.56. The second-order valence-electron chi connectivity index (χ2n) is 6.94. The fourth-order valence-electron chi connectivity index (χ4n) is 3.16. The molecule has 5 nitrogen and oxygen atoms in total. The van der Waals surface area contributed by atoms with E-state index in [9.17, 15) is 4.79 Å². The molecule has 0 spiro atoms. The normalized spacial score (nSPS) is 14.4. The summed E-state index contributed by atoms with van der Waals surface area (Å²) in [5, 5.41) is 0. The summed E-state index contributed by atoms with van der Waals surface area (Å²) in [4.78, 5) is 16.7. The lowest BCUT2D eigenvalue weighted by atomic mass is 10.1. The molecule has 3 aromatic carbocycles. The van der Waals surface area contributed by atoms with Gasteiger partial charge in [0.15, 0.2) is 17.2 Å². The molecule has 0 saturated carbocycles. The van der Waals surface area contributed by atoms with Crippen molar-refractivity contribution in [1.82, 2.24) is 0 Å². The van der Waals surface area contributed by atoms with Gasteiger partial charge in [0.1, 0.15) is 6.61 Å². The van der Waals surface area contributed by atoms with E-state index in [1.807, 2.05) is 67.6 Å². The Bertz CT molecular complexity index is 1200. The highest BCUT2D eigenvalue weighted by atomic mass is 79.9. The molecule has 31 heavy (non-hydrogen) atoms. The van der Waals surface area contributed by atoms with Gasteiger partial charge in [0.2, 0.25) is 5.90 Å². The van der Waals surface area contributed by atoms with Gasteiger partial charge in [-0.25, -0.2) is 9.79 Å². The van der Waals surface area contributed by atoms with Crippen LogP contribution in [0.15, 0.2) is 81.9 Å². The summed E-state index contributed by atoms with van der Waals surface area (Å²) in [5.74, 6) is 1.01. The number of hydrogen-bond acceptors (Lipinski definition) is 5. The number of cyclic esters (lactones) is 1. The highest BCUT2D eigenvalue weighted by molar-refractivity contribution is 9.10. The van der Waals surface area contributed by atoms with Gasteiger partial charge in [-0.05, 0) is 48.4 Å². The van der Waals surface area contributed by atoms with E-state index in [1.165, 1.54) is 0 Å². The van der Waals surface area contributed by atoms with Crippen LogP contribution in [-0.4, -0.2) is 19.0 Å². The van der Waals surface area contributed by atoms with Gasteiger partial charge in [-0.3, -0.25) is 0 Å². The van der Waals surface area contributed by atoms with E-state index in [2.05, 4.69) is 20.9 Å². The Morgan fingerprint density at radius 2 is 1.81 bits per heavy atom. The number of aliphatic imine (C=N–C) groups is 1. The van der Waals surface area contributed by atoms with E-state index in [0.29, 0.717) is 24.0 Å². The first kappa shape index (κ1) is 20.9. The average Bonchev–Trinajstić information content (AvgIpc) is 3.13. The number of ether oxygens (including phenoxy) is 3. The Morgan fingerprint density at radius 1 is 1.03 bits per heavy atom. The molecule has 3 aromatic rings. The minimum atomic E-state index is -0.480. The van der Waals surface area contributed by atoms with Gasteiger partial charge in [0.25, 0.3) is 0 Å². The molecule has 0 bridgehead atoms. The van der Waals surface area contributed by atoms with Gasteiger partial charge in [-0.15, -0.1) is 0 Å². The van der Waals surface area contributed by atoms with Crippen LogP contribution in [-0.2, 0) is 16.1 Å². The van der Waals surface area contributed by atoms with Crippen molar-refractivity contribution in [2.45, 2.75) is 13.5 Å². The van der Waals surface area contributed by atoms with Crippen molar-refractivity contribution in [3.05, 3.63) is 99.2 Å². The molecule has 0 radical (unpaired) electrons. The number of carbonyl (C=O) groups is 1. The first-order valence-corrected chi connectivity index (χ1v) is 10.5. The van der Waals surface area contributed by atoms with Gasteiger partial charge in [0, 0.05) is 15.6 Å². The Kier molecular flexibility index (Phi) is 6.18. The van der Waals surface area contributed by atoms with E-state index in [0.717, 1.165) is 26.7 Å². The molecule has 0 unspecified atom stereocenters. The Labute approximate surface area is 189 Å². The molecule has 0 fully saturated rings. The summed E-state index contributed by atoms with van der Waals surface area (Å²) in [5.41, 5.74) is 3.81. The van der Waals surface area contributed by atoms with E-state index < -0.39 is 5.97 Å². The van der Waals surface area contributed by atoms with Crippen LogP contribution in [0.3, 0.4) is 0 Å². The van der Waals surface area contributed by atoms with Crippen LogP contribution in [0.1, 0.15) is 22.3 Å². The summed E-state index contributed by atoms with van der Waals surface area (Å²) in [6.07, 6.45) is 1.67. The molecule has 1 aliphatic heterocycles. The standard InChI is InChI=1S/C25H20BrNO4/c1-16-7-3-5-9-19(16)24-27-21(25(28)31-24)13-17-11-12-22(23(14-17)29-2)30-15-18-8-4-6-10-20(18)26/h3-14H,15H2,1-2H3/b21-13-. The number of rotatable bonds is 6. The summed E-state index contributed by atoms with van der Waals surface area (Å²) in [7, 11) is 1.58. The highest BCUT2D eigenvalue weighted by Gasteiger charge is 2.25. The van der Waals surface area contributed by atoms with Crippen molar-refractivity contribution in [1.29, 1.82) is 0 Å². The molecule has 1 aliphatic rings. The van der Waals surface area contributed by atoms with E-state index in [4.69, 9.17) is 14.2 Å². The van der Waals surface area contributed by atoms with E-state index in [-0.39, 0.29) is 5.70 Å². The predicted molar refractivity (Wildman–Crippen MR) is 123 cm³/mol. The molecule has 0 amide bonds. The van der Waals surface area contributed by atoms with E-state index in [1.54, 1.807) is 19.3 Å². The fraction of sp³-hybridized carbons (Fsp3) is 0.120. The SMILES string of the molecule is COc1cc(/C=C2\N=C(c3ccccc3C)OC2=O)ccc1OCc1ccccc1Br. The largest absolute Gasteiger partial charge is 0.493 e. The summed E-state index contributed by atoms with van der Waals surface area (Å²) < 4.78 is 17.8. The Balaban J connectivity index is 1.56. The number of halogens is 1. The van der Waals surface area contributed by atoms with Crippen LogP contribution in [0, 0.1) is 6.92 Å². The van der Waals surface area contributed by atoms with Crippen molar-refractivity contribution in [2.75, 3.05) is 7.11 Å². The molecule has 0 aliphatic carbocycles. The lowest BCUT2D eigenvalue weighted by Crippen LogP contribution is -2.06. The summed E-state index contributed by atoms with van der Waals surface area (Å²) in [6, 6.07) is 21.0. The maximum atomic E-state index is 12.3. The number of esters is 1. The predicted octanol–water partition coefficient (Wildman–Crippen LogP) is 5.69. The number of methoxy groups -OCH3 is 1.